The van der Waals surface area contributed by atoms with Gasteiger partial charge in [-0.2, -0.15) is 0 Å². The monoisotopic (exact) mass is 278 g/mol. The maximum absolute atomic E-state index is 12.1. The van der Waals surface area contributed by atoms with Crippen molar-refractivity contribution < 1.29 is 9.53 Å². The summed E-state index contributed by atoms with van der Waals surface area (Å²) in [5, 5.41) is 0.288. The predicted molar refractivity (Wildman–Crippen MR) is 70.4 cm³/mol. The largest absolute Gasteiger partial charge is 0.465 e. The third-order valence-electron chi connectivity index (χ3n) is 2.52. The van der Waals surface area contributed by atoms with E-state index in [0.29, 0.717) is 5.69 Å². The second-order valence-corrected chi connectivity index (χ2v) is 4.25. The van der Waals surface area contributed by atoms with Crippen LogP contribution < -0.4 is 5.56 Å². The number of pyridine rings is 2. The number of hydrogen-bond acceptors (Lipinski definition) is 4. The smallest absolute Gasteiger partial charge is 0.343 e. The Morgan fingerprint density at radius 1 is 1.47 bits per heavy atom. The highest BCUT2D eigenvalue weighted by molar-refractivity contribution is 6.30. The zero-order chi connectivity index (χ0) is 13.8. The minimum absolute atomic E-state index is 0.0917. The third-order valence-corrected chi connectivity index (χ3v) is 2.72. The van der Waals surface area contributed by atoms with Crippen LogP contribution in [0.4, 0.5) is 0 Å². The number of hydrogen-bond donors (Lipinski definition) is 0. The van der Waals surface area contributed by atoms with Crippen molar-refractivity contribution in [1.29, 1.82) is 0 Å². The van der Waals surface area contributed by atoms with Crippen LogP contribution in [0.5, 0.6) is 0 Å². The van der Waals surface area contributed by atoms with Gasteiger partial charge in [0.25, 0.3) is 5.56 Å². The Morgan fingerprint density at radius 2 is 2.26 bits per heavy atom. The predicted octanol–water partition coefficient (Wildman–Crippen LogP) is 1.73. The van der Waals surface area contributed by atoms with E-state index < -0.39 is 11.5 Å². The zero-order valence-electron chi connectivity index (χ0n) is 10.2. The summed E-state index contributed by atoms with van der Waals surface area (Å²) in [4.78, 5) is 27.7. The van der Waals surface area contributed by atoms with Gasteiger partial charge in [-0.3, -0.25) is 9.78 Å². The first-order chi connectivity index (χ1) is 9.11. The van der Waals surface area contributed by atoms with E-state index in [1.165, 1.54) is 23.9 Å². The summed E-state index contributed by atoms with van der Waals surface area (Å²) >= 11 is 5.90. The molecule has 2 rings (SSSR count). The summed E-state index contributed by atoms with van der Waals surface area (Å²) in [7, 11) is 1.21. The van der Waals surface area contributed by atoms with Gasteiger partial charge in [0.15, 0.2) is 0 Å². The Morgan fingerprint density at radius 3 is 2.89 bits per heavy atom. The molecule has 0 aliphatic heterocycles. The first-order valence-corrected chi connectivity index (χ1v) is 5.88. The fraction of sp³-hybridized carbons (Fsp3) is 0.154. The molecule has 2 aromatic heterocycles. The van der Waals surface area contributed by atoms with E-state index >= 15 is 0 Å². The van der Waals surface area contributed by atoms with Crippen molar-refractivity contribution in [3.05, 3.63) is 63.3 Å². The van der Waals surface area contributed by atoms with Crippen LogP contribution in [0.25, 0.3) is 0 Å². The van der Waals surface area contributed by atoms with Gasteiger partial charge in [-0.15, -0.1) is 0 Å². The highest BCUT2D eigenvalue weighted by Gasteiger charge is 2.14. The number of carbonyl (C=O) groups is 1. The molecule has 0 aliphatic carbocycles. The van der Waals surface area contributed by atoms with Crippen LogP contribution in [0.15, 0.2) is 41.5 Å². The molecule has 98 valence electrons. The van der Waals surface area contributed by atoms with Crippen LogP contribution in [-0.2, 0) is 11.3 Å². The SMILES string of the molecule is COC(=O)c1cc(Cl)cn(Cc2ccccn2)c1=O. The zero-order valence-corrected chi connectivity index (χ0v) is 10.9. The van der Waals surface area contributed by atoms with Crippen LogP contribution in [0.2, 0.25) is 5.02 Å². The van der Waals surface area contributed by atoms with Crippen LogP contribution in [-0.4, -0.2) is 22.6 Å². The third kappa shape index (κ3) is 3.00. The van der Waals surface area contributed by atoms with Gasteiger partial charge in [-0.25, -0.2) is 4.79 Å². The molecule has 6 heteroatoms. The topological polar surface area (TPSA) is 61.2 Å². The normalized spacial score (nSPS) is 10.2. The lowest BCUT2D eigenvalue weighted by Crippen LogP contribution is -2.27. The van der Waals surface area contributed by atoms with Crippen molar-refractivity contribution in [3.8, 4) is 0 Å². The van der Waals surface area contributed by atoms with Gasteiger partial charge in [-0.1, -0.05) is 17.7 Å². The second kappa shape index (κ2) is 5.67. The van der Waals surface area contributed by atoms with Crippen molar-refractivity contribution in [3.63, 3.8) is 0 Å². The molecule has 5 nitrogen and oxygen atoms in total. The van der Waals surface area contributed by atoms with Gasteiger partial charge >= 0.3 is 5.97 Å². The maximum Gasteiger partial charge on any atom is 0.343 e. The van der Waals surface area contributed by atoms with E-state index in [1.54, 1.807) is 18.3 Å². The Labute approximate surface area is 114 Å². The van der Waals surface area contributed by atoms with Gasteiger partial charge < -0.3 is 9.30 Å². The number of rotatable bonds is 3. The lowest BCUT2D eigenvalue weighted by atomic mass is 10.2. The van der Waals surface area contributed by atoms with Crippen molar-refractivity contribution in [2.24, 2.45) is 0 Å². The molecule has 0 fully saturated rings. The molecule has 0 saturated heterocycles. The first-order valence-electron chi connectivity index (χ1n) is 5.50. The molecule has 0 aromatic carbocycles. The van der Waals surface area contributed by atoms with E-state index in [9.17, 15) is 9.59 Å². The standard InChI is InChI=1S/C13H11ClN2O3/c1-19-13(18)11-6-9(14)7-16(12(11)17)8-10-4-2-3-5-15-10/h2-7H,8H2,1H3. The van der Waals surface area contributed by atoms with Gasteiger partial charge in [0.05, 0.1) is 24.4 Å². The molecule has 0 atom stereocenters. The van der Waals surface area contributed by atoms with E-state index in [1.807, 2.05) is 6.07 Å². The lowest BCUT2D eigenvalue weighted by molar-refractivity contribution is 0.0598. The average molecular weight is 279 g/mol. The minimum Gasteiger partial charge on any atom is -0.465 e. The quantitative estimate of drug-likeness (QED) is 0.802. The first kappa shape index (κ1) is 13.3. The number of ether oxygens (including phenoxy) is 1. The minimum atomic E-state index is -0.706. The maximum atomic E-state index is 12.1. The molecular formula is C13H11ClN2O3. The molecule has 0 spiro atoms. The summed E-state index contributed by atoms with van der Waals surface area (Å²) < 4.78 is 5.88. The summed E-state index contributed by atoms with van der Waals surface area (Å²) in [6, 6.07) is 6.68. The molecule has 0 saturated carbocycles. The fourth-order valence-electron chi connectivity index (χ4n) is 1.64. The molecule has 2 aromatic rings. The van der Waals surface area contributed by atoms with Crippen LogP contribution in [0, 0.1) is 0 Å². The number of nitrogens with zero attached hydrogens (tertiary/aromatic N) is 2. The Bertz CT molecular complexity index is 653. The Kier molecular flexibility index (Phi) is 3.97. The molecule has 0 aliphatic rings. The van der Waals surface area contributed by atoms with Crippen molar-refractivity contribution in [2.75, 3.05) is 7.11 Å². The van der Waals surface area contributed by atoms with Crippen LogP contribution in [0.1, 0.15) is 16.1 Å². The van der Waals surface area contributed by atoms with Gasteiger partial charge in [0, 0.05) is 12.4 Å². The average Bonchev–Trinajstić information content (AvgIpc) is 2.42. The van der Waals surface area contributed by atoms with Crippen molar-refractivity contribution in [2.45, 2.75) is 6.54 Å². The number of aromatic nitrogens is 2. The Hall–Kier alpha value is -2.14. The molecule has 2 heterocycles. The van der Waals surface area contributed by atoms with Gasteiger partial charge in [0.2, 0.25) is 0 Å². The molecule has 0 bridgehead atoms. The highest BCUT2D eigenvalue weighted by Crippen LogP contribution is 2.09. The van der Waals surface area contributed by atoms with Crippen molar-refractivity contribution >= 4 is 17.6 Å². The van der Waals surface area contributed by atoms with E-state index in [0.717, 1.165) is 0 Å². The number of carbonyl (C=O) groups excluding carboxylic acids is 1. The molecule has 0 amide bonds. The number of halogens is 1. The second-order valence-electron chi connectivity index (χ2n) is 3.82. The van der Waals surface area contributed by atoms with Gasteiger partial charge in [-0.05, 0) is 18.2 Å². The summed E-state index contributed by atoms with van der Waals surface area (Å²) in [5.41, 5.74) is 0.149. The number of esters is 1. The highest BCUT2D eigenvalue weighted by atomic mass is 35.5. The molecule has 0 radical (unpaired) electrons. The van der Waals surface area contributed by atoms with Crippen LogP contribution in [0.3, 0.4) is 0 Å². The summed E-state index contributed by atoms with van der Waals surface area (Å²) in [5.74, 6) is -0.706. The molecular weight excluding hydrogens is 268 g/mol. The van der Waals surface area contributed by atoms with E-state index in [2.05, 4.69) is 9.72 Å². The van der Waals surface area contributed by atoms with Gasteiger partial charge in [0.1, 0.15) is 5.56 Å². The van der Waals surface area contributed by atoms with Crippen LogP contribution >= 0.6 is 11.6 Å². The lowest BCUT2D eigenvalue weighted by Gasteiger charge is -2.08. The summed E-state index contributed by atoms with van der Waals surface area (Å²) in [6.45, 7) is 0.240. The fourth-order valence-corrected chi connectivity index (χ4v) is 1.87. The molecule has 19 heavy (non-hydrogen) atoms. The Balaban J connectivity index is 2.44. The van der Waals surface area contributed by atoms with E-state index in [-0.39, 0.29) is 17.1 Å². The van der Waals surface area contributed by atoms with E-state index in [4.69, 9.17) is 11.6 Å². The molecule has 0 N–H and O–H groups in total. The summed E-state index contributed by atoms with van der Waals surface area (Å²) in [6.07, 6.45) is 3.09. The number of methoxy groups -OCH3 is 1. The molecule has 0 unspecified atom stereocenters. The van der Waals surface area contributed by atoms with Crippen molar-refractivity contribution in [1.82, 2.24) is 9.55 Å².